The van der Waals surface area contributed by atoms with E-state index < -0.39 is 0 Å². The molecule has 0 aliphatic carbocycles. The summed E-state index contributed by atoms with van der Waals surface area (Å²) in [6.45, 7) is 5.76. The Morgan fingerprint density at radius 2 is 1.45 bits per heavy atom. The molecule has 6 nitrogen and oxygen atoms in total. The van der Waals surface area contributed by atoms with Gasteiger partial charge in [-0.3, -0.25) is 9.69 Å². The van der Waals surface area contributed by atoms with Crippen LogP contribution in [0.25, 0.3) is 0 Å². The van der Waals surface area contributed by atoms with E-state index in [1.165, 1.54) is 5.56 Å². The smallest absolute Gasteiger partial charge is 0.321 e. The van der Waals surface area contributed by atoms with Crippen LogP contribution in [0.5, 0.6) is 0 Å². The number of carbonyl (C=O) groups excluding carboxylic acids is 2. The lowest BCUT2D eigenvalue weighted by Crippen LogP contribution is -2.46. The van der Waals surface area contributed by atoms with Crippen LogP contribution < -0.4 is 5.32 Å². The Morgan fingerprint density at radius 1 is 0.774 bits per heavy atom. The summed E-state index contributed by atoms with van der Waals surface area (Å²) in [7, 11) is 0. The first-order valence-electron chi connectivity index (χ1n) is 11.3. The maximum Gasteiger partial charge on any atom is 0.321 e. The fourth-order valence-electron chi connectivity index (χ4n) is 4.50. The van der Waals surface area contributed by atoms with Crippen LogP contribution in [0.3, 0.4) is 0 Å². The first-order chi connectivity index (χ1) is 15.2. The van der Waals surface area contributed by atoms with Crippen LogP contribution in [0.4, 0.5) is 10.5 Å². The molecule has 0 atom stereocenters. The number of piperidine rings is 1. The van der Waals surface area contributed by atoms with Crippen LogP contribution in [0.15, 0.2) is 60.7 Å². The highest BCUT2D eigenvalue weighted by Crippen LogP contribution is 2.22. The van der Waals surface area contributed by atoms with Gasteiger partial charge in [0.1, 0.15) is 0 Å². The SMILES string of the molecule is O=C(Nc1ccccc1)N1CCC(C(=O)N2CCCN(Cc3ccccc3)CC2)CC1. The molecule has 6 heteroatoms. The summed E-state index contributed by atoms with van der Waals surface area (Å²) in [5, 5.41) is 2.94. The van der Waals surface area contributed by atoms with Gasteiger partial charge >= 0.3 is 6.03 Å². The highest BCUT2D eigenvalue weighted by atomic mass is 16.2. The summed E-state index contributed by atoms with van der Waals surface area (Å²) >= 11 is 0. The summed E-state index contributed by atoms with van der Waals surface area (Å²) in [5.41, 5.74) is 2.12. The summed E-state index contributed by atoms with van der Waals surface area (Å²) in [4.78, 5) is 31.9. The number of hydrogen-bond donors (Lipinski definition) is 1. The minimum absolute atomic E-state index is 0.0291. The third-order valence-corrected chi connectivity index (χ3v) is 6.31. The minimum Gasteiger partial charge on any atom is -0.341 e. The zero-order valence-electron chi connectivity index (χ0n) is 18.1. The molecule has 0 radical (unpaired) electrons. The van der Waals surface area contributed by atoms with Crippen molar-refractivity contribution in [2.24, 2.45) is 5.92 Å². The lowest BCUT2D eigenvalue weighted by atomic mass is 9.95. The third-order valence-electron chi connectivity index (χ3n) is 6.31. The van der Waals surface area contributed by atoms with Gasteiger partial charge in [0.2, 0.25) is 5.91 Å². The average molecular weight is 421 g/mol. The van der Waals surface area contributed by atoms with E-state index in [-0.39, 0.29) is 17.9 Å². The minimum atomic E-state index is -0.0802. The van der Waals surface area contributed by atoms with Gasteiger partial charge in [0.25, 0.3) is 0 Å². The average Bonchev–Trinajstić information content (AvgIpc) is 3.05. The molecule has 1 N–H and O–H groups in total. The number of benzene rings is 2. The molecular weight excluding hydrogens is 388 g/mol. The van der Waals surface area contributed by atoms with Crippen LogP contribution in [-0.4, -0.2) is 65.9 Å². The predicted octanol–water partition coefficient (Wildman–Crippen LogP) is 3.67. The molecule has 4 rings (SSSR count). The Labute approximate surface area is 184 Å². The lowest BCUT2D eigenvalue weighted by Gasteiger charge is -2.34. The van der Waals surface area contributed by atoms with Crippen molar-refractivity contribution in [3.63, 3.8) is 0 Å². The van der Waals surface area contributed by atoms with Gasteiger partial charge in [0, 0.05) is 57.4 Å². The number of amides is 3. The molecule has 0 bridgehead atoms. The van der Waals surface area contributed by atoms with Crippen molar-refractivity contribution in [2.45, 2.75) is 25.8 Å². The number of para-hydroxylation sites is 1. The van der Waals surface area contributed by atoms with E-state index in [0.29, 0.717) is 13.1 Å². The molecule has 2 fully saturated rings. The van der Waals surface area contributed by atoms with Gasteiger partial charge in [0.05, 0.1) is 0 Å². The number of nitrogens with zero attached hydrogens (tertiary/aromatic N) is 3. The molecule has 0 saturated carbocycles. The second-order valence-electron chi connectivity index (χ2n) is 8.50. The quantitative estimate of drug-likeness (QED) is 0.821. The number of likely N-dealkylation sites (tertiary alicyclic amines) is 1. The fraction of sp³-hybridized carbons (Fsp3) is 0.440. The van der Waals surface area contributed by atoms with Gasteiger partial charge in [0.15, 0.2) is 0 Å². The first kappa shape index (κ1) is 21.4. The Kier molecular flexibility index (Phi) is 7.20. The van der Waals surface area contributed by atoms with Crippen LogP contribution in [0, 0.1) is 5.92 Å². The van der Waals surface area contributed by atoms with E-state index in [2.05, 4.69) is 39.4 Å². The second kappa shape index (κ2) is 10.4. The van der Waals surface area contributed by atoms with Crippen LogP contribution in [-0.2, 0) is 11.3 Å². The van der Waals surface area contributed by atoms with Crippen LogP contribution in [0.2, 0.25) is 0 Å². The van der Waals surface area contributed by atoms with Crippen molar-refractivity contribution in [3.8, 4) is 0 Å². The molecule has 2 aromatic rings. The molecule has 31 heavy (non-hydrogen) atoms. The Morgan fingerprint density at radius 3 is 2.16 bits per heavy atom. The molecule has 2 aliphatic heterocycles. The van der Waals surface area contributed by atoms with E-state index in [1.54, 1.807) is 0 Å². The van der Waals surface area contributed by atoms with E-state index in [0.717, 1.165) is 57.7 Å². The molecule has 0 unspecified atom stereocenters. The first-order valence-corrected chi connectivity index (χ1v) is 11.3. The second-order valence-corrected chi connectivity index (χ2v) is 8.50. The van der Waals surface area contributed by atoms with Gasteiger partial charge in [-0.1, -0.05) is 48.5 Å². The number of rotatable bonds is 4. The van der Waals surface area contributed by atoms with Crippen molar-refractivity contribution in [1.82, 2.24) is 14.7 Å². The van der Waals surface area contributed by atoms with E-state index in [9.17, 15) is 9.59 Å². The fourth-order valence-corrected chi connectivity index (χ4v) is 4.50. The molecule has 2 aliphatic rings. The molecule has 2 saturated heterocycles. The number of carbonyl (C=O) groups is 2. The number of nitrogens with one attached hydrogen (secondary N) is 1. The lowest BCUT2D eigenvalue weighted by molar-refractivity contribution is -0.136. The van der Waals surface area contributed by atoms with Crippen molar-refractivity contribution < 1.29 is 9.59 Å². The molecule has 2 aromatic carbocycles. The largest absolute Gasteiger partial charge is 0.341 e. The van der Waals surface area contributed by atoms with E-state index >= 15 is 0 Å². The normalized spacial score (nSPS) is 18.5. The maximum atomic E-state index is 13.1. The topological polar surface area (TPSA) is 55.9 Å². The standard InChI is InChI=1S/C25H32N4O2/c30-24(28-15-7-14-27(18-19-28)20-21-8-3-1-4-9-21)22-12-16-29(17-13-22)25(31)26-23-10-5-2-6-11-23/h1-6,8-11,22H,7,12-20H2,(H,26,31). The Balaban J connectivity index is 1.23. The molecule has 0 aromatic heterocycles. The molecule has 0 spiro atoms. The van der Waals surface area contributed by atoms with Crippen molar-refractivity contribution in [2.75, 3.05) is 44.6 Å². The monoisotopic (exact) mass is 420 g/mol. The number of hydrogen-bond acceptors (Lipinski definition) is 3. The number of urea groups is 1. The zero-order chi connectivity index (χ0) is 21.5. The highest BCUT2D eigenvalue weighted by Gasteiger charge is 2.31. The van der Waals surface area contributed by atoms with E-state index in [1.807, 2.05) is 41.3 Å². The van der Waals surface area contributed by atoms with Crippen LogP contribution >= 0.6 is 0 Å². The highest BCUT2D eigenvalue weighted by molar-refractivity contribution is 5.89. The summed E-state index contributed by atoms with van der Waals surface area (Å²) in [6.07, 6.45) is 2.49. The molecule has 164 valence electrons. The van der Waals surface area contributed by atoms with Crippen LogP contribution in [0.1, 0.15) is 24.8 Å². The Bertz CT molecular complexity index is 850. The zero-order valence-corrected chi connectivity index (χ0v) is 18.1. The molecule has 2 heterocycles. The van der Waals surface area contributed by atoms with Crippen molar-refractivity contribution >= 4 is 17.6 Å². The van der Waals surface area contributed by atoms with Gasteiger partial charge < -0.3 is 15.1 Å². The van der Waals surface area contributed by atoms with Crippen molar-refractivity contribution in [1.29, 1.82) is 0 Å². The van der Waals surface area contributed by atoms with Gasteiger partial charge in [-0.25, -0.2) is 4.79 Å². The summed E-state index contributed by atoms with van der Waals surface area (Å²) in [5.74, 6) is 0.297. The summed E-state index contributed by atoms with van der Waals surface area (Å²) < 4.78 is 0. The number of anilines is 1. The third kappa shape index (κ3) is 5.85. The van der Waals surface area contributed by atoms with Crippen molar-refractivity contribution in [3.05, 3.63) is 66.2 Å². The Hall–Kier alpha value is -2.86. The van der Waals surface area contributed by atoms with E-state index in [4.69, 9.17) is 0 Å². The predicted molar refractivity (Wildman–Crippen MR) is 123 cm³/mol. The maximum absolute atomic E-state index is 13.1. The van der Waals surface area contributed by atoms with Gasteiger partial charge in [-0.05, 0) is 37.0 Å². The van der Waals surface area contributed by atoms with Gasteiger partial charge in [-0.15, -0.1) is 0 Å². The van der Waals surface area contributed by atoms with Gasteiger partial charge in [-0.2, -0.15) is 0 Å². The molecule has 3 amide bonds. The summed E-state index contributed by atoms with van der Waals surface area (Å²) in [6, 6.07) is 20.0. The molecular formula is C25H32N4O2.